The third-order valence-electron chi connectivity index (χ3n) is 2.28. The van der Waals surface area contributed by atoms with Crippen molar-refractivity contribution < 1.29 is 4.39 Å². The van der Waals surface area contributed by atoms with Crippen molar-refractivity contribution >= 4 is 0 Å². The molecule has 1 unspecified atom stereocenters. The van der Waals surface area contributed by atoms with Gasteiger partial charge in [0.15, 0.2) is 0 Å². The van der Waals surface area contributed by atoms with Crippen molar-refractivity contribution in [3.8, 4) is 0 Å². The van der Waals surface area contributed by atoms with Gasteiger partial charge in [-0.25, -0.2) is 4.98 Å². The Kier molecular flexibility index (Phi) is 2.04. The Morgan fingerprint density at radius 1 is 1.50 bits per heavy atom. The number of hydrogen-bond donors (Lipinski definition) is 1. The normalized spacial score (nSPS) is 22.9. The van der Waals surface area contributed by atoms with E-state index >= 15 is 0 Å². The highest BCUT2D eigenvalue weighted by atomic mass is 19.1. The Labute approximate surface area is 70.8 Å². The lowest BCUT2D eigenvalue weighted by molar-refractivity contribution is 0.580. The van der Waals surface area contributed by atoms with E-state index in [-0.39, 0.29) is 0 Å². The molecule has 0 spiro atoms. The van der Waals surface area contributed by atoms with Crippen LogP contribution in [0.2, 0.25) is 0 Å². The van der Waals surface area contributed by atoms with Crippen LogP contribution in [0.5, 0.6) is 0 Å². The quantitative estimate of drug-likeness (QED) is 0.636. The van der Waals surface area contributed by atoms with Crippen molar-refractivity contribution in [3.63, 3.8) is 0 Å². The highest BCUT2D eigenvalue weighted by Gasteiger charge is 2.16. The summed E-state index contributed by atoms with van der Waals surface area (Å²) in [5.41, 5.74) is 1.14. The van der Waals surface area contributed by atoms with Gasteiger partial charge in [0.1, 0.15) is 0 Å². The number of hydrogen-bond acceptors (Lipinski definition) is 2. The number of rotatable bonds is 1. The van der Waals surface area contributed by atoms with Crippen LogP contribution in [0.1, 0.15) is 17.9 Å². The number of halogens is 1. The van der Waals surface area contributed by atoms with E-state index in [4.69, 9.17) is 0 Å². The fourth-order valence-electron chi connectivity index (χ4n) is 1.57. The summed E-state index contributed by atoms with van der Waals surface area (Å²) in [6, 6.07) is 3.24. The fraction of sp³-hybridized carbons (Fsp3) is 0.444. The van der Waals surface area contributed by atoms with Crippen LogP contribution < -0.4 is 5.32 Å². The van der Waals surface area contributed by atoms with E-state index in [9.17, 15) is 4.39 Å². The van der Waals surface area contributed by atoms with Crippen LogP contribution in [-0.4, -0.2) is 18.1 Å². The van der Waals surface area contributed by atoms with Gasteiger partial charge >= 0.3 is 0 Å². The van der Waals surface area contributed by atoms with E-state index in [1.165, 1.54) is 6.07 Å². The zero-order valence-electron chi connectivity index (χ0n) is 6.76. The second kappa shape index (κ2) is 3.19. The van der Waals surface area contributed by atoms with Gasteiger partial charge in [-0.05, 0) is 30.5 Å². The summed E-state index contributed by atoms with van der Waals surface area (Å²) >= 11 is 0. The number of nitrogens with zero attached hydrogens (tertiary/aromatic N) is 1. The maximum atomic E-state index is 12.4. The molecule has 2 nitrogen and oxygen atoms in total. The summed E-state index contributed by atoms with van der Waals surface area (Å²) in [6.07, 6.45) is 2.76. The first kappa shape index (κ1) is 7.68. The second-order valence-corrected chi connectivity index (χ2v) is 3.10. The average molecular weight is 166 g/mol. The summed E-state index contributed by atoms with van der Waals surface area (Å²) in [4.78, 5) is 3.63. The first-order valence-corrected chi connectivity index (χ1v) is 4.18. The molecule has 0 aromatic carbocycles. The lowest BCUT2D eigenvalue weighted by Crippen LogP contribution is -2.08. The van der Waals surface area contributed by atoms with Crippen LogP contribution in [0.25, 0.3) is 0 Å². The molecule has 3 heteroatoms. The molecular weight excluding hydrogens is 155 g/mol. The van der Waals surface area contributed by atoms with Gasteiger partial charge < -0.3 is 5.32 Å². The Morgan fingerprint density at radius 3 is 3.00 bits per heavy atom. The minimum atomic E-state index is -0.398. The molecule has 0 aliphatic carbocycles. The highest BCUT2D eigenvalue weighted by molar-refractivity contribution is 5.16. The lowest BCUT2D eigenvalue weighted by atomic mass is 10.0. The molecule has 1 aliphatic rings. The standard InChI is InChI=1S/C9H11FN2/c10-9-2-1-7(6-12-9)8-3-4-11-5-8/h1-2,6,8,11H,3-5H2. The van der Waals surface area contributed by atoms with E-state index in [0.29, 0.717) is 5.92 Å². The first-order chi connectivity index (χ1) is 5.86. The SMILES string of the molecule is Fc1ccc(C2CCNC2)cn1. The first-order valence-electron chi connectivity index (χ1n) is 4.18. The molecule has 1 fully saturated rings. The summed E-state index contributed by atoms with van der Waals surface area (Å²) in [5.74, 6) is 0.128. The third kappa shape index (κ3) is 1.46. The van der Waals surface area contributed by atoms with Crippen molar-refractivity contribution in [3.05, 3.63) is 29.8 Å². The molecule has 1 aromatic rings. The molecule has 1 saturated heterocycles. The molecule has 12 heavy (non-hydrogen) atoms. The molecule has 0 amide bonds. The molecule has 2 rings (SSSR count). The third-order valence-corrected chi connectivity index (χ3v) is 2.28. The van der Waals surface area contributed by atoms with E-state index in [2.05, 4.69) is 10.3 Å². The maximum absolute atomic E-state index is 12.4. The molecule has 2 heterocycles. The van der Waals surface area contributed by atoms with Crippen LogP contribution in [0.15, 0.2) is 18.3 Å². The number of aromatic nitrogens is 1. The molecule has 0 bridgehead atoms. The molecule has 1 N–H and O–H groups in total. The number of nitrogens with one attached hydrogen (secondary N) is 1. The van der Waals surface area contributed by atoms with Crippen LogP contribution in [-0.2, 0) is 0 Å². The predicted molar refractivity (Wildman–Crippen MR) is 44.4 cm³/mol. The maximum Gasteiger partial charge on any atom is 0.212 e. The number of pyridine rings is 1. The van der Waals surface area contributed by atoms with Gasteiger partial charge in [0, 0.05) is 12.7 Å². The zero-order chi connectivity index (χ0) is 8.39. The van der Waals surface area contributed by atoms with Crippen molar-refractivity contribution in [2.24, 2.45) is 0 Å². The molecule has 0 radical (unpaired) electrons. The summed E-state index contributed by atoms with van der Waals surface area (Å²) in [6.45, 7) is 2.05. The second-order valence-electron chi connectivity index (χ2n) is 3.10. The van der Waals surface area contributed by atoms with Gasteiger partial charge in [0.25, 0.3) is 0 Å². The van der Waals surface area contributed by atoms with Crippen LogP contribution in [0, 0.1) is 5.95 Å². The van der Waals surface area contributed by atoms with Crippen molar-refractivity contribution in [2.75, 3.05) is 13.1 Å². The van der Waals surface area contributed by atoms with E-state index in [1.54, 1.807) is 6.20 Å². The minimum Gasteiger partial charge on any atom is -0.316 e. The van der Waals surface area contributed by atoms with Gasteiger partial charge in [-0.2, -0.15) is 4.39 Å². The van der Waals surface area contributed by atoms with Crippen LogP contribution in [0.3, 0.4) is 0 Å². The topological polar surface area (TPSA) is 24.9 Å². The minimum absolute atomic E-state index is 0.398. The largest absolute Gasteiger partial charge is 0.316 e. The van der Waals surface area contributed by atoms with Crippen LogP contribution >= 0.6 is 0 Å². The molecule has 64 valence electrons. The van der Waals surface area contributed by atoms with Crippen molar-refractivity contribution in [2.45, 2.75) is 12.3 Å². The molecular formula is C9H11FN2. The van der Waals surface area contributed by atoms with E-state index in [0.717, 1.165) is 25.1 Å². The van der Waals surface area contributed by atoms with Gasteiger partial charge in [-0.1, -0.05) is 6.07 Å². The van der Waals surface area contributed by atoms with Gasteiger partial charge in [-0.3, -0.25) is 0 Å². The van der Waals surface area contributed by atoms with E-state index in [1.807, 2.05) is 6.07 Å². The average Bonchev–Trinajstić information content (AvgIpc) is 2.58. The summed E-state index contributed by atoms with van der Waals surface area (Å²) in [5, 5.41) is 3.26. The Balaban J connectivity index is 2.17. The summed E-state index contributed by atoms with van der Waals surface area (Å²) < 4.78 is 12.4. The Morgan fingerprint density at radius 2 is 2.42 bits per heavy atom. The fourth-order valence-corrected chi connectivity index (χ4v) is 1.57. The molecule has 1 atom stereocenters. The zero-order valence-corrected chi connectivity index (χ0v) is 6.76. The molecule has 1 aromatic heterocycles. The Bertz CT molecular complexity index is 252. The predicted octanol–water partition coefficient (Wildman–Crippen LogP) is 1.30. The molecule has 1 aliphatic heterocycles. The van der Waals surface area contributed by atoms with Crippen molar-refractivity contribution in [1.82, 2.24) is 10.3 Å². The molecule has 0 saturated carbocycles. The lowest BCUT2D eigenvalue weighted by Gasteiger charge is -2.06. The highest BCUT2D eigenvalue weighted by Crippen LogP contribution is 2.20. The van der Waals surface area contributed by atoms with Gasteiger partial charge in [-0.15, -0.1) is 0 Å². The monoisotopic (exact) mass is 166 g/mol. The van der Waals surface area contributed by atoms with Crippen molar-refractivity contribution in [1.29, 1.82) is 0 Å². The Hall–Kier alpha value is -0.960. The van der Waals surface area contributed by atoms with Crippen LogP contribution in [0.4, 0.5) is 4.39 Å². The van der Waals surface area contributed by atoms with Gasteiger partial charge in [0.2, 0.25) is 5.95 Å². The summed E-state index contributed by atoms with van der Waals surface area (Å²) in [7, 11) is 0. The van der Waals surface area contributed by atoms with Gasteiger partial charge in [0.05, 0.1) is 0 Å². The smallest absolute Gasteiger partial charge is 0.212 e. The van der Waals surface area contributed by atoms with E-state index < -0.39 is 5.95 Å².